The Balaban J connectivity index is 1.51. The Labute approximate surface area is 200 Å². The van der Waals surface area contributed by atoms with Crippen LogP contribution in [0.25, 0.3) is 0 Å². The third-order valence-electron chi connectivity index (χ3n) is 4.64. The molecule has 0 N–H and O–H groups in total. The molecular weight excluding hydrogens is 468 g/mol. The molecule has 0 aromatic heterocycles. The van der Waals surface area contributed by atoms with Gasteiger partial charge in [-0.15, -0.1) is 0 Å². The second-order valence-electron chi connectivity index (χ2n) is 7.19. The van der Waals surface area contributed by atoms with Crippen LogP contribution in [0.4, 0.5) is 9.59 Å². The third-order valence-corrected chi connectivity index (χ3v) is 4.64. The smallest absolute Gasteiger partial charge is 0.432 e. The van der Waals surface area contributed by atoms with Crippen LogP contribution in [0, 0.1) is 27.7 Å². The van der Waals surface area contributed by atoms with Crippen LogP contribution in [-0.2, 0) is 39.1 Å². The van der Waals surface area contributed by atoms with Crippen LogP contribution in [0.3, 0.4) is 0 Å². The Hall–Kier alpha value is -4.16. The maximum absolute atomic E-state index is 11.8. The first kappa shape index (κ1) is 27.1. The van der Waals surface area contributed by atoms with Gasteiger partial charge in [0.25, 0.3) is 0 Å². The van der Waals surface area contributed by atoms with E-state index in [0.29, 0.717) is 0 Å². The van der Waals surface area contributed by atoms with E-state index in [9.17, 15) is 19.2 Å². The number of carbonyl (C=O) groups is 4. The lowest BCUT2D eigenvalue weighted by molar-refractivity contribution is -0.452. The lowest BCUT2D eigenvalue weighted by atomic mass is 10.1. The lowest BCUT2D eigenvalue weighted by Crippen LogP contribution is -2.15. The number of carbonyl (C=O) groups excluding carboxylic acids is 4. The minimum absolute atomic E-state index is 0.0507. The largest absolute Gasteiger partial charge is 0.543 e. The van der Waals surface area contributed by atoms with Gasteiger partial charge in [-0.05, 0) is 74.2 Å². The first-order valence-electron chi connectivity index (χ1n) is 10.3. The molecule has 0 radical (unpaired) electrons. The number of ether oxygens (including phenoxy) is 2. The molecule has 2 aromatic carbocycles. The second-order valence-corrected chi connectivity index (χ2v) is 7.19. The third kappa shape index (κ3) is 9.31. The van der Waals surface area contributed by atoms with Crippen molar-refractivity contribution in [3.05, 3.63) is 69.8 Å². The quantitative estimate of drug-likeness (QED) is 0.202. The number of benzene rings is 2. The highest BCUT2D eigenvalue weighted by Crippen LogP contribution is 2.12. The summed E-state index contributed by atoms with van der Waals surface area (Å²) in [5.41, 5.74) is 4.13. The van der Waals surface area contributed by atoms with Gasteiger partial charge in [0.05, 0.1) is 34.4 Å². The molecular formula is C23H24O12. The molecule has 12 nitrogen and oxygen atoms in total. The zero-order valence-electron chi connectivity index (χ0n) is 19.5. The van der Waals surface area contributed by atoms with E-state index in [1.807, 2.05) is 27.7 Å². The minimum atomic E-state index is -1.29. The highest BCUT2D eigenvalue weighted by Gasteiger charge is 2.14. The number of rotatable bonds is 10. The maximum atomic E-state index is 11.8. The Morgan fingerprint density at radius 1 is 0.571 bits per heavy atom. The number of hydrogen-bond donors (Lipinski definition) is 0. The monoisotopic (exact) mass is 492 g/mol. The summed E-state index contributed by atoms with van der Waals surface area (Å²) in [5, 5.41) is 8.19. The van der Waals surface area contributed by atoms with Crippen LogP contribution in [0.15, 0.2) is 36.4 Å². The van der Waals surface area contributed by atoms with Gasteiger partial charge in [0.2, 0.25) is 0 Å². The molecule has 0 saturated carbocycles. The Morgan fingerprint density at radius 2 is 0.971 bits per heavy atom. The molecule has 0 heterocycles. The summed E-state index contributed by atoms with van der Waals surface area (Å²) < 4.78 is 9.23. The summed E-state index contributed by atoms with van der Waals surface area (Å²) in [6.07, 6.45) is -2.53. The van der Waals surface area contributed by atoms with Crippen LogP contribution in [0.2, 0.25) is 0 Å². The van der Waals surface area contributed by atoms with Gasteiger partial charge in [-0.1, -0.05) is 12.1 Å². The van der Waals surface area contributed by atoms with Crippen molar-refractivity contribution in [3.63, 3.8) is 0 Å². The first-order valence-corrected chi connectivity index (χ1v) is 10.3. The second kappa shape index (κ2) is 13.5. The molecule has 0 saturated heterocycles. The Bertz CT molecular complexity index is 979. The van der Waals surface area contributed by atoms with Gasteiger partial charge in [-0.25, -0.2) is 29.0 Å². The van der Waals surface area contributed by atoms with Crippen molar-refractivity contribution in [1.82, 2.24) is 0 Å². The summed E-state index contributed by atoms with van der Waals surface area (Å²) in [5.74, 6) is -1.73. The minimum Gasteiger partial charge on any atom is -0.432 e. The molecule has 2 rings (SSSR count). The molecule has 0 spiro atoms. The van der Waals surface area contributed by atoms with Crippen molar-refractivity contribution < 1.29 is 58.3 Å². The van der Waals surface area contributed by atoms with E-state index in [-0.39, 0.29) is 30.8 Å². The molecule has 0 unspecified atom stereocenters. The predicted molar refractivity (Wildman–Crippen MR) is 114 cm³/mol. The van der Waals surface area contributed by atoms with Crippen molar-refractivity contribution in [2.24, 2.45) is 0 Å². The molecule has 0 aliphatic heterocycles. The van der Waals surface area contributed by atoms with E-state index in [0.717, 1.165) is 22.3 Å². The molecule has 12 heteroatoms. The molecule has 0 bridgehead atoms. The van der Waals surface area contributed by atoms with E-state index >= 15 is 0 Å². The Kier molecular flexibility index (Phi) is 10.5. The Morgan fingerprint density at radius 3 is 1.34 bits per heavy atom. The van der Waals surface area contributed by atoms with Gasteiger partial charge in [-0.3, -0.25) is 9.78 Å². The normalized spacial score (nSPS) is 10.2. The van der Waals surface area contributed by atoms with E-state index in [1.165, 1.54) is 12.1 Å². The summed E-state index contributed by atoms with van der Waals surface area (Å²) in [6, 6.07) is 9.68. The van der Waals surface area contributed by atoms with E-state index in [4.69, 9.17) is 0 Å². The van der Waals surface area contributed by atoms with Crippen LogP contribution in [-0.4, -0.2) is 37.5 Å². The lowest BCUT2D eigenvalue weighted by Gasteiger charge is -2.06. The zero-order chi connectivity index (χ0) is 25.8. The molecule has 0 atom stereocenters. The maximum Gasteiger partial charge on any atom is 0.543 e. The van der Waals surface area contributed by atoms with E-state index < -0.39 is 24.2 Å². The van der Waals surface area contributed by atoms with Gasteiger partial charge in [0, 0.05) is 6.42 Å². The van der Waals surface area contributed by atoms with Gasteiger partial charge in [-0.2, -0.15) is 0 Å². The van der Waals surface area contributed by atoms with Crippen LogP contribution in [0.1, 0.15) is 49.4 Å². The molecule has 0 fully saturated rings. The summed E-state index contributed by atoms with van der Waals surface area (Å²) >= 11 is 0. The highest BCUT2D eigenvalue weighted by molar-refractivity contribution is 5.89. The van der Waals surface area contributed by atoms with Gasteiger partial charge >= 0.3 is 24.2 Å². The molecule has 0 amide bonds. The fourth-order valence-electron chi connectivity index (χ4n) is 2.40. The molecule has 0 aliphatic carbocycles. The molecule has 2 aromatic rings. The van der Waals surface area contributed by atoms with Gasteiger partial charge < -0.3 is 9.47 Å². The molecule has 188 valence electrons. The summed E-state index contributed by atoms with van der Waals surface area (Å²) in [6.45, 7) is 6.94. The van der Waals surface area contributed by atoms with Gasteiger partial charge in [0.15, 0.2) is 0 Å². The SMILES string of the molecule is Cc1ccc(C(=O)OOOC(=O)OCCCOC(=O)OOOC(=O)c2ccc(C)c(C)c2)cc1C. The average molecular weight is 492 g/mol. The predicted octanol–water partition coefficient (Wildman–Crippen LogP) is 4.32. The number of aryl methyl sites for hydroxylation is 4. The van der Waals surface area contributed by atoms with E-state index in [1.54, 1.807) is 24.3 Å². The standard InChI is InChI=1S/C23H24O12/c1-14-6-8-18(12-16(14)3)20(24)30-34-32-22(26)28-10-5-11-29-23(27)33-35-31-21(25)19-9-7-15(2)17(4)13-19/h6-9,12-13H,5,10-11H2,1-4H3. The first-order chi connectivity index (χ1) is 16.7. The molecule has 35 heavy (non-hydrogen) atoms. The topological polar surface area (TPSA) is 142 Å². The zero-order valence-corrected chi connectivity index (χ0v) is 19.5. The fraction of sp³-hybridized carbons (Fsp3) is 0.304. The van der Waals surface area contributed by atoms with Crippen molar-refractivity contribution in [3.8, 4) is 0 Å². The summed E-state index contributed by atoms with van der Waals surface area (Å²) in [7, 11) is 0. The fourth-order valence-corrected chi connectivity index (χ4v) is 2.40. The van der Waals surface area contributed by atoms with Crippen LogP contribution in [0.5, 0.6) is 0 Å². The summed E-state index contributed by atoms with van der Waals surface area (Å²) in [4.78, 5) is 63.3. The van der Waals surface area contributed by atoms with Crippen LogP contribution < -0.4 is 0 Å². The van der Waals surface area contributed by atoms with Crippen molar-refractivity contribution in [2.45, 2.75) is 34.1 Å². The highest BCUT2D eigenvalue weighted by atomic mass is 17.5. The van der Waals surface area contributed by atoms with E-state index in [2.05, 4.69) is 39.1 Å². The average Bonchev–Trinajstić information content (AvgIpc) is 2.82. The van der Waals surface area contributed by atoms with Gasteiger partial charge in [0.1, 0.15) is 0 Å². The van der Waals surface area contributed by atoms with Crippen molar-refractivity contribution in [2.75, 3.05) is 13.2 Å². The molecule has 0 aliphatic rings. The van der Waals surface area contributed by atoms with Crippen molar-refractivity contribution in [1.29, 1.82) is 0 Å². The van der Waals surface area contributed by atoms with Crippen molar-refractivity contribution >= 4 is 24.2 Å². The number of hydrogen-bond acceptors (Lipinski definition) is 12. The van der Waals surface area contributed by atoms with Crippen LogP contribution >= 0.6 is 0 Å².